The van der Waals surface area contributed by atoms with E-state index in [1.54, 1.807) is 49.4 Å². The maximum absolute atomic E-state index is 14.4. The van der Waals surface area contributed by atoms with Gasteiger partial charge >= 0.3 is 11.9 Å². The van der Waals surface area contributed by atoms with Crippen LogP contribution in [0, 0.1) is 11.8 Å². The van der Waals surface area contributed by atoms with E-state index in [1.165, 1.54) is 21.9 Å². The van der Waals surface area contributed by atoms with Crippen molar-refractivity contribution in [3.05, 3.63) is 65.7 Å². The molecule has 20 nitrogen and oxygen atoms in total. The molecule has 7 amide bonds. The van der Waals surface area contributed by atoms with Gasteiger partial charge < -0.3 is 57.4 Å². The fourth-order valence-electron chi connectivity index (χ4n) is 8.24. The number of carboxylic acids is 2. The molecule has 2 fully saturated rings. The van der Waals surface area contributed by atoms with Crippen LogP contribution in [-0.2, 0) is 56.0 Å². The molecular weight excluding hydrogens is 869 g/mol. The minimum atomic E-state index is -1.30. The van der Waals surface area contributed by atoms with Crippen LogP contribution in [0.25, 0.3) is 0 Å². The number of nitrogens with zero attached hydrogens (tertiary/aromatic N) is 2. The first-order chi connectivity index (χ1) is 31.8. The molecule has 20 heteroatoms. The Balaban J connectivity index is 1.48. The summed E-state index contributed by atoms with van der Waals surface area (Å²) in [4.78, 5) is 122. The molecule has 2 saturated heterocycles. The Morgan fingerprint density at radius 1 is 0.701 bits per heavy atom. The highest BCUT2D eigenvalue weighted by molar-refractivity contribution is 5.97. The first-order valence-corrected chi connectivity index (χ1v) is 22.9. The summed E-state index contributed by atoms with van der Waals surface area (Å²) in [5.74, 6) is -7.44. The summed E-state index contributed by atoms with van der Waals surface area (Å²) in [6, 6.07) is 6.77. The average molecular weight is 935 g/mol. The molecule has 2 aromatic carbocycles. The van der Waals surface area contributed by atoms with Gasteiger partial charge in [-0.2, -0.15) is 0 Å². The van der Waals surface area contributed by atoms with Gasteiger partial charge in [-0.1, -0.05) is 76.6 Å². The Kier molecular flexibility index (Phi) is 20.1. The topological polar surface area (TPSA) is 307 Å². The average Bonchev–Trinajstić information content (AvgIpc) is 4.00. The van der Waals surface area contributed by atoms with Crippen molar-refractivity contribution in [3.8, 4) is 5.75 Å². The first-order valence-electron chi connectivity index (χ1n) is 22.9. The van der Waals surface area contributed by atoms with Gasteiger partial charge in [0, 0.05) is 32.4 Å². The second-order valence-corrected chi connectivity index (χ2v) is 17.8. The largest absolute Gasteiger partial charge is 0.508 e. The minimum Gasteiger partial charge on any atom is -0.508 e. The molecule has 0 bridgehead atoms. The van der Waals surface area contributed by atoms with Crippen molar-refractivity contribution < 1.29 is 58.5 Å². The normalized spacial score (nSPS) is 18.4. The van der Waals surface area contributed by atoms with Gasteiger partial charge in [0.25, 0.3) is 0 Å². The molecule has 2 aromatic rings. The van der Waals surface area contributed by atoms with E-state index in [4.69, 9.17) is 10.8 Å². The number of hydrogen-bond acceptors (Lipinski definition) is 11. The Morgan fingerprint density at radius 3 is 1.81 bits per heavy atom. The maximum Gasteiger partial charge on any atom is 0.326 e. The molecule has 366 valence electrons. The van der Waals surface area contributed by atoms with Crippen LogP contribution in [-0.4, -0.2) is 140 Å². The van der Waals surface area contributed by atoms with Crippen LogP contribution in [0.15, 0.2) is 54.6 Å². The summed E-state index contributed by atoms with van der Waals surface area (Å²) in [5, 5.41) is 41.9. The van der Waals surface area contributed by atoms with E-state index in [-0.39, 0.29) is 63.3 Å². The van der Waals surface area contributed by atoms with Crippen molar-refractivity contribution in [2.45, 2.75) is 134 Å². The fourth-order valence-corrected chi connectivity index (χ4v) is 8.24. The number of aliphatic carboxylic acids is 2. The number of nitrogens with one attached hydrogen (secondary N) is 5. The molecule has 2 heterocycles. The smallest absolute Gasteiger partial charge is 0.326 e. The quantitative estimate of drug-likeness (QED) is 0.0697. The number of carbonyl (C=O) groups is 9. The van der Waals surface area contributed by atoms with Crippen molar-refractivity contribution in [1.82, 2.24) is 36.4 Å². The number of amides is 7. The highest BCUT2D eigenvalue weighted by Crippen LogP contribution is 2.24. The van der Waals surface area contributed by atoms with E-state index >= 15 is 0 Å². The van der Waals surface area contributed by atoms with Crippen LogP contribution >= 0.6 is 0 Å². The SMILES string of the molecule is CC[C@H](C)[C@H](NC(=O)[C@@H]1CCCN1C(=O)[C@@H](N)CCC(=O)O)C(=O)N1CCC[C@H]1C(=O)N[C@@H](Cc1ccc(O)cc1)C(=O)NCC(=O)N[C@@H](Cc1ccccc1)C(=O)N[C@@H](CC(C)C)C(=O)O. The van der Waals surface area contributed by atoms with Crippen LogP contribution in [0.1, 0.15) is 90.2 Å². The predicted molar refractivity (Wildman–Crippen MR) is 244 cm³/mol. The number of nitrogens with two attached hydrogens (primary N) is 1. The van der Waals surface area contributed by atoms with E-state index in [0.717, 1.165) is 0 Å². The number of aromatic hydroxyl groups is 1. The van der Waals surface area contributed by atoms with Crippen LogP contribution < -0.4 is 32.3 Å². The molecule has 0 aliphatic carbocycles. The van der Waals surface area contributed by atoms with Gasteiger partial charge in [-0.25, -0.2) is 4.79 Å². The Hall–Kier alpha value is -6.57. The van der Waals surface area contributed by atoms with Gasteiger partial charge in [-0.15, -0.1) is 0 Å². The molecule has 0 radical (unpaired) electrons. The van der Waals surface area contributed by atoms with Crippen LogP contribution in [0.3, 0.4) is 0 Å². The van der Waals surface area contributed by atoms with Crippen molar-refractivity contribution in [2.24, 2.45) is 17.6 Å². The third kappa shape index (κ3) is 15.8. The summed E-state index contributed by atoms with van der Waals surface area (Å²) in [7, 11) is 0. The van der Waals surface area contributed by atoms with Gasteiger partial charge in [0.15, 0.2) is 0 Å². The molecule has 2 aliphatic heterocycles. The lowest BCUT2D eigenvalue weighted by Gasteiger charge is -2.33. The summed E-state index contributed by atoms with van der Waals surface area (Å²) >= 11 is 0. The van der Waals surface area contributed by atoms with Crippen LogP contribution in [0.4, 0.5) is 0 Å². The molecule has 4 rings (SSSR count). The molecule has 2 aliphatic rings. The Labute approximate surface area is 390 Å². The van der Waals surface area contributed by atoms with Gasteiger partial charge in [-0.05, 0) is 73.6 Å². The van der Waals surface area contributed by atoms with E-state index in [9.17, 15) is 53.4 Å². The number of carbonyl (C=O) groups excluding carboxylic acids is 7. The summed E-state index contributed by atoms with van der Waals surface area (Å²) < 4.78 is 0. The number of benzene rings is 2. The van der Waals surface area contributed by atoms with E-state index in [2.05, 4.69) is 26.6 Å². The highest BCUT2D eigenvalue weighted by Gasteiger charge is 2.43. The lowest BCUT2D eigenvalue weighted by atomic mass is 9.96. The molecule has 0 spiro atoms. The molecule has 10 N–H and O–H groups in total. The lowest BCUT2D eigenvalue weighted by Crippen LogP contribution is -2.60. The second-order valence-electron chi connectivity index (χ2n) is 17.8. The number of rotatable bonds is 24. The number of hydrogen-bond donors (Lipinski definition) is 9. The molecular formula is C47H66N8O12. The summed E-state index contributed by atoms with van der Waals surface area (Å²) in [5.41, 5.74) is 7.22. The molecule has 0 saturated carbocycles. The Morgan fingerprint density at radius 2 is 1.25 bits per heavy atom. The minimum absolute atomic E-state index is 0.0156. The van der Waals surface area contributed by atoms with Crippen LogP contribution in [0.2, 0.25) is 0 Å². The zero-order valence-corrected chi connectivity index (χ0v) is 38.6. The number of phenols is 1. The van der Waals surface area contributed by atoms with Gasteiger partial charge in [0.2, 0.25) is 41.4 Å². The summed E-state index contributed by atoms with van der Waals surface area (Å²) in [6.45, 7) is 7.01. The van der Waals surface area contributed by atoms with Crippen molar-refractivity contribution in [3.63, 3.8) is 0 Å². The summed E-state index contributed by atoms with van der Waals surface area (Å²) in [6.07, 6.45) is 1.59. The van der Waals surface area contributed by atoms with E-state index in [0.29, 0.717) is 36.8 Å². The van der Waals surface area contributed by atoms with E-state index in [1.807, 2.05) is 20.8 Å². The van der Waals surface area contributed by atoms with Gasteiger partial charge in [-0.3, -0.25) is 38.4 Å². The lowest BCUT2D eigenvalue weighted by molar-refractivity contribution is -0.145. The molecule has 8 atom stereocenters. The molecule has 0 unspecified atom stereocenters. The maximum atomic E-state index is 14.4. The van der Waals surface area contributed by atoms with Crippen LogP contribution in [0.5, 0.6) is 5.75 Å². The molecule has 0 aromatic heterocycles. The highest BCUT2D eigenvalue weighted by atomic mass is 16.4. The first kappa shape index (κ1) is 53.0. The second kappa shape index (κ2) is 25.4. The van der Waals surface area contributed by atoms with E-state index < -0.39 is 108 Å². The number of phenolic OH excluding ortho intramolecular Hbond substituents is 1. The zero-order valence-electron chi connectivity index (χ0n) is 38.6. The third-order valence-electron chi connectivity index (χ3n) is 12.1. The molecule has 67 heavy (non-hydrogen) atoms. The zero-order chi connectivity index (χ0) is 49.4. The number of likely N-dealkylation sites (tertiary alicyclic amines) is 2. The van der Waals surface area contributed by atoms with Gasteiger partial charge in [0.05, 0.1) is 12.6 Å². The third-order valence-corrected chi connectivity index (χ3v) is 12.1. The standard InChI is InChI=1S/C47H66N8O12/c1-5-28(4)40(53-44(63)37-14-9-21-54(37)45(64)32(48)19-20-39(58)59)46(65)55-22-10-13-36(55)43(62)51-33(25-30-15-17-31(56)18-16-30)41(60)49-26-38(57)50-34(24-29-11-7-6-8-12-29)42(61)52-35(47(66)67)23-27(2)3/h6-8,11-12,15-18,27-28,32-37,40,56H,5,9-10,13-14,19-26,48H2,1-4H3,(H,49,60)(H,50,57)(H,51,62)(H,52,61)(H,53,63)(H,58,59)(H,66,67)/t28-,32-,33-,34-,35-,36-,37-,40-/m0/s1. The Bertz CT molecular complexity index is 2070. The monoisotopic (exact) mass is 934 g/mol. The predicted octanol–water partition coefficient (Wildman–Crippen LogP) is 0.584. The fraction of sp³-hybridized carbons (Fsp3) is 0.553. The number of carboxylic acid groups (broad SMARTS) is 2. The van der Waals surface area contributed by atoms with Crippen molar-refractivity contribution in [2.75, 3.05) is 19.6 Å². The van der Waals surface area contributed by atoms with Crippen molar-refractivity contribution in [1.29, 1.82) is 0 Å². The van der Waals surface area contributed by atoms with Gasteiger partial charge in [0.1, 0.15) is 42.0 Å². The van der Waals surface area contributed by atoms with Crippen molar-refractivity contribution >= 4 is 53.3 Å².